The molecule has 0 saturated heterocycles. The SMILES string of the molecule is c1cnc(-c2ccc3ccccc3c2)c(-c2cccc3ccccc23)c1. The summed E-state index contributed by atoms with van der Waals surface area (Å²) in [5.41, 5.74) is 4.56. The van der Waals surface area contributed by atoms with E-state index < -0.39 is 0 Å². The molecule has 0 bridgehead atoms. The first-order valence-corrected chi connectivity index (χ1v) is 8.82. The van der Waals surface area contributed by atoms with Crippen molar-refractivity contribution in [2.45, 2.75) is 0 Å². The smallest absolute Gasteiger partial charge is 0.0780 e. The highest BCUT2D eigenvalue weighted by molar-refractivity contribution is 6.00. The second-order valence-corrected chi connectivity index (χ2v) is 6.49. The Hall–Kier alpha value is -3.45. The molecule has 1 nitrogen and oxygen atoms in total. The lowest BCUT2D eigenvalue weighted by molar-refractivity contribution is 1.33. The van der Waals surface area contributed by atoms with Gasteiger partial charge in [0.2, 0.25) is 0 Å². The van der Waals surface area contributed by atoms with Crippen LogP contribution >= 0.6 is 0 Å². The molecular weight excluding hydrogens is 314 g/mol. The molecule has 0 N–H and O–H groups in total. The summed E-state index contributed by atoms with van der Waals surface area (Å²) < 4.78 is 0. The summed E-state index contributed by atoms with van der Waals surface area (Å²) in [6, 6.07) is 34.2. The van der Waals surface area contributed by atoms with Crippen LogP contribution in [0.2, 0.25) is 0 Å². The Labute approximate surface area is 152 Å². The highest BCUT2D eigenvalue weighted by atomic mass is 14.7. The van der Waals surface area contributed by atoms with E-state index in [1.54, 1.807) is 0 Å². The van der Waals surface area contributed by atoms with Gasteiger partial charge in [-0.05, 0) is 39.2 Å². The van der Waals surface area contributed by atoms with Crippen molar-refractivity contribution < 1.29 is 0 Å². The van der Waals surface area contributed by atoms with Gasteiger partial charge in [-0.1, -0.05) is 84.9 Å². The molecule has 0 unspecified atom stereocenters. The predicted octanol–water partition coefficient (Wildman–Crippen LogP) is 6.72. The zero-order valence-electron chi connectivity index (χ0n) is 14.3. The molecule has 0 radical (unpaired) electrons. The molecule has 0 atom stereocenters. The number of pyridine rings is 1. The first kappa shape index (κ1) is 14.9. The van der Waals surface area contributed by atoms with Crippen molar-refractivity contribution in [2.75, 3.05) is 0 Å². The van der Waals surface area contributed by atoms with Crippen molar-refractivity contribution in [3.05, 3.63) is 103 Å². The minimum atomic E-state index is 1.02. The lowest BCUT2D eigenvalue weighted by Crippen LogP contribution is -1.90. The van der Waals surface area contributed by atoms with E-state index in [1.165, 1.54) is 32.7 Å². The molecule has 26 heavy (non-hydrogen) atoms. The third kappa shape index (κ3) is 2.46. The second kappa shape index (κ2) is 6.12. The first-order valence-electron chi connectivity index (χ1n) is 8.82. The molecule has 4 aromatic carbocycles. The van der Waals surface area contributed by atoms with Gasteiger partial charge in [-0.25, -0.2) is 0 Å². The average molecular weight is 331 g/mol. The Kier molecular flexibility index (Phi) is 3.50. The van der Waals surface area contributed by atoms with Crippen LogP contribution in [-0.2, 0) is 0 Å². The van der Waals surface area contributed by atoms with E-state index in [1.807, 2.05) is 12.3 Å². The summed E-state index contributed by atoms with van der Waals surface area (Å²) in [5.74, 6) is 0. The van der Waals surface area contributed by atoms with Gasteiger partial charge >= 0.3 is 0 Å². The van der Waals surface area contributed by atoms with Crippen molar-refractivity contribution in [3.63, 3.8) is 0 Å². The Morgan fingerprint density at radius 2 is 1.23 bits per heavy atom. The van der Waals surface area contributed by atoms with Crippen LogP contribution in [0, 0.1) is 0 Å². The average Bonchev–Trinajstić information content (AvgIpc) is 2.73. The molecule has 0 spiro atoms. The molecular formula is C25H17N. The van der Waals surface area contributed by atoms with Crippen molar-refractivity contribution in [2.24, 2.45) is 0 Å². The van der Waals surface area contributed by atoms with Gasteiger partial charge in [0.15, 0.2) is 0 Å². The summed E-state index contributed by atoms with van der Waals surface area (Å²) in [6.07, 6.45) is 1.87. The topological polar surface area (TPSA) is 12.9 Å². The molecule has 0 aliphatic rings. The van der Waals surface area contributed by atoms with Crippen molar-refractivity contribution in [3.8, 4) is 22.4 Å². The summed E-state index contributed by atoms with van der Waals surface area (Å²) in [6.45, 7) is 0. The normalized spacial score (nSPS) is 11.1. The number of benzene rings is 4. The van der Waals surface area contributed by atoms with E-state index >= 15 is 0 Å². The highest BCUT2D eigenvalue weighted by Gasteiger charge is 2.11. The van der Waals surface area contributed by atoms with Gasteiger partial charge in [0.1, 0.15) is 0 Å². The zero-order chi connectivity index (χ0) is 17.3. The van der Waals surface area contributed by atoms with Crippen LogP contribution in [0.5, 0.6) is 0 Å². The molecule has 1 heterocycles. The molecule has 0 fully saturated rings. The van der Waals surface area contributed by atoms with Crippen LogP contribution in [0.3, 0.4) is 0 Å². The molecule has 0 saturated carbocycles. The summed E-state index contributed by atoms with van der Waals surface area (Å²) in [5, 5.41) is 4.99. The first-order chi connectivity index (χ1) is 12.9. The third-order valence-corrected chi connectivity index (χ3v) is 4.91. The van der Waals surface area contributed by atoms with Crippen molar-refractivity contribution in [1.29, 1.82) is 0 Å². The van der Waals surface area contributed by atoms with Crippen LogP contribution in [0.25, 0.3) is 43.9 Å². The van der Waals surface area contributed by atoms with E-state index in [0.717, 1.165) is 11.3 Å². The largest absolute Gasteiger partial charge is 0.256 e. The Morgan fingerprint density at radius 1 is 0.500 bits per heavy atom. The van der Waals surface area contributed by atoms with Crippen LogP contribution in [-0.4, -0.2) is 4.98 Å². The summed E-state index contributed by atoms with van der Waals surface area (Å²) in [4.78, 5) is 4.74. The van der Waals surface area contributed by atoms with E-state index in [9.17, 15) is 0 Å². The fourth-order valence-corrected chi connectivity index (χ4v) is 3.65. The lowest BCUT2D eigenvalue weighted by Gasteiger charge is -2.12. The molecule has 1 aromatic heterocycles. The summed E-state index contributed by atoms with van der Waals surface area (Å²) in [7, 11) is 0. The van der Waals surface area contributed by atoms with Gasteiger partial charge in [0.25, 0.3) is 0 Å². The molecule has 5 rings (SSSR count). The molecule has 5 aromatic rings. The zero-order valence-corrected chi connectivity index (χ0v) is 14.3. The third-order valence-electron chi connectivity index (χ3n) is 4.91. The number of hydrogen-bond acceptors (Lipinski definition) is 1. The van der Waals surface area contributed by atoms with Gasteiger partial charge in [0, 0.05) is 17.3 Å². The Morgan fingerprint density at radius 3 is 2.15 bits per heavy atom. The fourth-order valence-electron chi connectivity index (χ4n) is 3.65. The van der Waals surface area contributed by atoms with Crippen molar-refractivity contribution >= 4 is 21.5 Å². The Bertz CT molecular complexity index is 1230. The quantitative estimate of drug-likeness (QED) is 0.350. The van der Waals surface area contributed by atoms with Gasteiger partial charge in [-0.2, -0.15) is 0 Å². The maximum Gasteiger partial charge on any atom is 0.0780 e. The van der Waals surface area contributed by atoms with E-state index in [0.29, 0.717) is 0 Å². The van der Waals surface area contributed by atoms with Crippen LogP contribution < -0.4 is 0 Å². The van der Waals surface area contributed by atoms with Gasteiger partial charge in [-0.3, -0.25) is 4.98 Å². The number of aromatic nitrogens is 1. The molecule has 0 amide bonds. The summed E-state index contributed by atoms with van der Waals surface area (Å²) >= 11 is 0. The molecule has 0 aliphatic carbocycles. The van der Waals surface area contributed by atoms with Crippen LogP contribution in [0.4, 0.5) is 0 Å². The molecule has 1 heteroatoms. The fraction of sp³-hybridized carbons (Fsp3) is 0. The second-order valence-electron chi connectivity index (χ2n) is 6.49. The monoisotopic (exact) mass is 331 g/mol. The number of rotatable bonds is 2. The van der Waals surface area contributed by atoms with Crippen LogP contribution in [0.15, 0.2) is 103 Å². The van der Waals surface area contributed by atoms with Crippen LogP contribution in [0.1, 0.15) is 0 Å². The standard InChI is InChI=1S/C25H17N/c1-2-9-20-17-21(15-14-18(20)7-1)25-24(13-6-16-26-25)23-12-5-10-19-8-3-4-11-22(19)23/h1-17H. The maximum atomic E-state index is 4.74. The highest BCUT2D eigenvalue weighted by Crippen LogP contribution is 2.35. The predicted molar refractivity (Wildman–Crippen MR) is 110 cm³/mol. The lowest BCUT2D eigenvalue weighted by atomic mass is 9.94. The number of fused-ring (bicyclic) bond motifs is 2. The maximum absolute atomic E-state index is 4.74. The van der Waals surface area contributed by atoms with Gasteiger partial charge in [-0.15, -0.1) is 0 Å². The number of hydrogen-bond donors (Lipinski definition) is 0. The minimum absolute atomic E-state index is 1.02. The van der Waals surface area contributed by atoms with Gasteiger partial charge in [0.05, 0.1) is 5.69 Å². The van der Waals surface area contributed by atoms with Gasteiger partial charge < -0.3 is 0 Å². The van der Waals surface area contributed by atoms with Crippen molar-refractivity contribution in [1.82, 2.24) is 4.98 Å². The minimum Gasteiger partial charge on any atom is -0.256 e. The molecule has 0 aliphatic heterocycles. The Balaban J connectivity index is 1.76. The van der Waals surface area contributed by atoms with E-state index in [-0.39, 0.29) is 0 Å². The van der Waals surface area contributed by atoms with E-state index in [2.05, 4.69) is 91.0 Å². The van der Waals surface area contributed by atoms with E-state index in [4.69, 9.17) is 4.98 Å². The number of nitrogens with zero attached hydrogens (tertiary/aromatic N) is 1. The molecule has 122 valence electrons.